The monoisotopic (exact) mass is 193 g/mol. The predicted molar refractivity (Wildman–Crippen MR) is 53.3 cm³/mol. The summed E-state index contributed by atoms with van der Waals surface area (Å²) in [6.07, 6.45) is 2.43. The molecule has 0 radical (unpaired) electrons. The van der Waals surface area contributed by atoms with Gasteiger partial charge in [0.2, 0.25) is 5.88 Å². The van der Waals surface area contributed by atoms with Gasteiger partial charge in [-0.05, 0) is 19.9 Å². The Kier molecular flexibility index (Phi) is 2.63. The first-order valence-corrected chi connectivity index (χ1v) is 4.90. The van der Waals surface area contributed by atoms with Crippen molar-refractivity contribution in [3.8, 4) is 5.88 Å². The molecule has 0 unspecified atom stereocenters. The zero-order chi connectivity index (χ0) is 9.97. The van der Waals surface area contributed by atoms with Crippen LogP contribution in [-0.2, 0) is 6.54 Å². The number of hydrogen-bond acceptors (Lipinski definition) is 4. The molecule has 1 aromatic heterocycles. The molecule has 0 spiro atoms. The van der Waals surface area contributed by atoms with Crippen LogP contribution in [0.3, 0.4) is 0 Å². The summed E-state index contributed by atoms with van der Waals surface area (Å²) in [4.78, 5) is 8.81. The van der Waals surface area contributed by atoms with Gasteiger partial charge in [0.1, 0.15) is 5.82 Å². The van der Waals surface area contributed by atoms with E-state index < -0.39 is 0 Å². The SMILES string of the molecule is CNCc1cc(OC)nc(C2CC2)n1. The van der Waals surface area contributed by atoms with Gasteiger partial charge < -0.3 is 10.1 Å². The second kappa shape index (κ2) is 3.92. The van der Waals surface area contributed by atoms with Crippen LogP contribution in [-0.4, -0.2) is 24.1 Å². The highest BCUT2D eigenvalue weighted by Gasteiger charge is 2.27. The third-order valence-electron chi connectivity index (χ3n) is 2.28. The summed E-state index contributed by atoms with van der Waals surface area (Å²) in [5, 5.41) is 3.08. The molecule has 4 heteroatoms. The Bertz CT molecular complexity index is 323. The van der Waals surface area contributed by atoms with Crippen LogP contribution in [0, 0.1) is 0 Å². The van der Waals surface area contributed by atoms with Crippen molar-refractivity contribution in [3.05, 3.63) is 17.6 Å². The van der Waals surface area contributed by atoms with Gasteiger partial charge in [0.15, 0.2) is 0 Å². The number of ether oxygens (including phenoxy) is 1. The number of aromatic nitrogens is 2. The van der Waals surface area contributed by atoms with Gasteiger partial charge in [0.25, 0.3) is 0 Å². The van der Waals surface area contributed by atoms with E-state index >= 15 is 0 Å². The van der Waals surface area contributed by atoms with E-state index in [4.69, 9.17) is 4.74 Å². The number of rotatable bonds is 4. The highest BCUT2D eigenvalue weighted by atomic mass is 16.5. The fraction of sp³-hybridized carbons (Fsp3) is 0.600. The lowest BCUT2D eigenvalue weighted by molar-refractivity contribution is 0.393. The normalized spacial score (nSPS) is 15.6. The molecule has 1 aromatic rings. The molecule has 1 aliphatic carbocycles. The predicted octanol–water partition coefficient (Wildman–Crippen LogP) is 1.08. The van der Waals surface area contributed by atoms with Crippen molar-refractivity contribution < 1.29 is 4.74 Å². The first kappa shape index (κ1) is 9.40. The zero-order valence-corrected chi connectivity index (χ0v) is 8.58. The van der Waals surface area contributed by atoms with E-state index in [1.807, 2.05) is 13.1 Å². The zero-order valence-electron chi connectivity index (χ0n) is 8.58. The van der Waals surface area contributed by atoms with Gasteiger partial charge in [-0.15, -0.1) is 0 Å². The van der Waals surface area contributed by atoms with Gasteiger partial charge in [-0.2, -0.15) is 4.98 Å². The quantitative estimate of drug-likeness (QED) is 0.777. The lowest BCUT2D eigenvalue weighted by Gasteiger charge is -2.05. The maximum atomic E-state index is 5.14. The number of methoxy groups -OCH3 is 1. The van der Waals surface area contributed by atoms with E-state index in [2.05, 4.69) is 15.3 Å². The molecule has 1 N–H and O–H groups in total. The molecule has 0 saturated heterocycles. The summed E-state index contributed by atoms with van der Waals surface area (Å²) < 4.78 is 5.14. The van der Waals surface area contributed by atoms with Gasteiger partial charge in [-0.25, -0.2) is 4.98 Å². The molecule has 0 amide bonds. The van der Waals surface area contributed by atoms with E-state index in [1.165, 1.54) is 12.8 Å². The van der Waals surface area contributed by atoms with Crippen LogP contribution in [0.2, 0.25) is 0 Å². The molecular formula is C10H15N3O. The minimum absolute atomic E-state index is 0.570. The lowest BCUT2D eigenvalue weighted by Crippen LogP contribution is -2.09. The van der Waals surface area contributed by atoms with E-state index in [1.54, 1.807) is 7.11 Å². The van der Waals surface area contributed by atoms with Crippen LogP contribution >= 0.6 is 0 Å². The Balaban J connectivity index is 2.26. The standard InChI is InChI=1S/C10H15N3O/c1-11-6-8-5-9(14-2)13-10(12-8)7-3-4-7/h5,7,11H,3-4,6H2,1-2H3. The largest absolute Gasteiger partial charge is 0.481 e. The van der Waals surface area contributed by atoms with Gasteiger partial charge in [0, 0.05) is 18.5 Å². The Labute approximate surface area is 83.7 Å². The van der Waals surface area contributed by atoms with Gasteiger partial charge in [-0.3, -0.25) is 0 Å². The van der Waals surface area contributed by atoms with Crippen molar-refractivity contribution in [2.75, 3.05) is 14.2 Å². The Morgan fingerprint density at radius 2 is 2.29 bits per heavy atom. The molecular weight excluding hydrogens is 178 g/mol. The van der Waals surface area contributed by atoms with Crippen molar-refractivity contribution in [2.45, 2.75) is 25.3 Å². The maximum Gasteiger partial charge on any atom is 0.216 e. The van der Waals surface area contributed by atoms with Crippen LogP contribution in [0.1, 0.15) is 30.3 Å². The first-order valence-electron chi connectivity index (χ1n) is 4.90. The van der Waals surface area contributed by atoms with E-state index in [0.29, 0.717) is 11.8 Å². The molecule has 1 heterocycles. The van der Waals surface area contributed by atoms with Crippen LogP contribution in [0.15, 0.2) is 6.07 Å². The fourth-order valence-electron chi connectivity index (χ4n) is 1.39. The Morgan fingerprint density at radius 3 is 2.86 bits per heavy atom. The smallest absolute Gasteiger partial charge is 0.216 e. The van der Waals surface area contributed by atoms with Crippen molar-refractivity contribution >= 4 is 0 Å². The highest BCUT2D eigenvalue weighted by Crippen LogP contribution is 2.38. The van der Waals surface area contributed by atoms with Crippen LogP contribution in [0.5, 0.6) is 5.88 Å². The number of nitrogens with zero attached hydrogens (tertiary/aromatic N) is 2. The van der Waals surface area contributed by atoms with Crippen LogP contribution in [0.4, 0.5) is 0 Å². The first-order chi connectivity index (χ1) is 6.83. The molecule has 1 aliphatic rings. The van der Waals surface area contributed by atoms with Crippen LogP contribution in [0.25, 0.3) is 0 Å². The summed E-state index contributed by atoms with van der Waals surface area (Å²) in [7, 11) is 3.55. The third-order valence-corrected chi connectivity index (χ3v) is 2.28. The maximum absolute atomic E-state index is 5.14. The molecule has 4 nitrogen and oxygen atoms in total. The van der Waals surface area contributed by atoms with E-state index in [0.717, 1.165) is 18.1 Å². The van der Waals surface area contributed by atoms with Crippen molar-refractivity contribution in [1.29, 1.82) is 0 Å². The molecule has 0 atom stereocenters. The molecule has 2 rings (SSSR count). The average molecular weight is 193 g/mol. The molecule has 14 heavy (non-hydrogen) atoms. The summed E-state index contributed by atoms with van der Waals surface area (Å²) in [6.45, 7) is 0.763. The Morgan fingerprint density at radius 1 is 1.50 bits per heavy atom. The average Bonchev–Trinajstić information content (AvgIpc) is 3.01. The van der Waals surface area contributed by atoms with Crippen molar-refractivity contribution in [2.24, 2.45) is 0 Å². The van der Waals surface area contributed by atoms with Gasteiger partial charge >= 0.3 is 0 Å². The molecule has 1 saturated carbocycles. The lowest BCUT2D eigenvalue weighted by atomic mass is 10.3. The fourth-order valence-corrected chi connectivity index (χ4v) is 1.39. The minimum atomic E-state index is 0.570. The molecule has 0 aliphatic heterocycles. The number of hydrogen-bond donors (Lipinski definition) is 1. The van der Waals surface area contributed by atoms with Gasteiger partial charge in [0.05, 0.1) is 12.8 Å². The molecule has 76 valence electrons. The van der Waals surface area contributed by atoms with E-state index in [9.17, 15) is 0 Å². The molecule has 0 bridgehead atoms. The third kappa shape index (κ3) is 2.01. The van der Waals surface area contributed by atoms with Crippen LogP contribution < -0.4 is 10.1 Å². The molecule has 1 fully saturated rings. The summed E-state index contributed by atoms with van der Waals surface area (Å²) in [5.74, 6) is 2.18. The number of nitrogens with one attached hydrogen (secondary N) is 1. The second-order valence-electron chi connectivity index (χ2n) is 3.56. The summed E-state index contributed by atoms with van der Waals surface area (Å²) >= 11 is 0. The topological polar surface area (TPSA) is 47.0 Å². The van der Waals surface area contributed by atoms with Crippen molar-refractivity contribution in [1.82, 2.24) is 15.3 Å². The van der Waals surface area contributed by atoms with E-state index in [-0.39, 0.29) is 0 Å². The Hall–Kier alpha value is -1.16. The van der Waals surface area contributed by atoms with Gasteiger partial charge in [-0.1, -0.05) is 0 Å². The highest BCUT2D eigenvalue weighted by molar-refractivity contribution is 5.19. The van der Waals surface area contributed by atoms with Crippen molar-refractivity contribution in [3.63, 3.8) is 0 Å². The summed E-state index contributed by atoms with van der Waals surface area (Å²) in [6, 6.07) is 1.88. The molecule has 0 aromatic carbocycles. The summed E-state index contributed by atoms with van der Waals surface area (Å²) in [5.41, 5.74) is 1.00. The second-order valence-corrected chi connectivity index (χ2v) is 3.56. The minimum Gasteiger partial charge on any atom is -0.481 e.